The van der Waals surface area contributed by atoms with Crippen LogP contribution in [0.15, 0.2) is 0 Å². The molecule has 0 saturated carbocycles. The number of amides is 4. The quantitative estimate of drug-likeness (QED) is 0.566. The monoisotopic (exact) mass is 394 g/mol. The Kier molecular flexibility index (Phi) is 10.5. The van der Waals surface area contributed by atoms with Crippen LogP contribution < -0.4 is 10.6 Å². The third-order valence-corrected chi connectivity index (χ3v) is 6.37. The van der Waals surface area contributed by atoms with Gasteiger partial charge in [-0.05, 0) is 64.2 Å². The summed E-state index contributed by atoms with van der Waals surface area (Å²) in [7, 11) is 0. The normalized spacial score (nSPS) is 22.8. The molecule has 2 aliphatic heterocycles. The summed E-state index contributed by atoms with van der Waals surface area (Å²) in [5.74, 6) is 0. The average Bonchev–Trinajstić information content (AvgIpc) is 2.75. The number of rotatable bonds is 9. The van der Waals surface area contributed by atoms with Crippen LogP contribution in [0.1, 0.15) is 90.9 Å². The molecule has 162 valence electrons. The van der Waals surface area contributed by atoms with Gasteiger partial charge in [0, 0.05) is 38.3 Å². The van der Waals surface area contributed by atoms with Crippen molar-refractivity contribution in [3.8, 4) is 0 Å². The number of nitrogens with zero attached hydrogens (tertiary/aromatic N) is 2. The summed E-state index contributed by atoms with van der Waals surface area (Å²) in [6.45, 7) is 7.65. The fourth-order valence-electron chi connectivity index (χ4n) is 4.58. The first-order chi connectivity index (χ1) is 13.7. The minimum Gasteiger partial charge on any atom is -0.338 e. The van der Waals surface area contributed by atoms with Gasteiger partial charge in [0.05, 0.1) is 0 Å². The number of carbonyl (C=O) groups excluding carboxylic acids is 2. The smallest absolute Gasteiger partial charge is 0.317 e. The summed E-state index contributed by atoms with van der Waals surface area (Å²) in [4.78, 5) is 28.7. The minimum atomic E-state index is 0.117. The van der Waals surface area contributed by atoms with Crippen molar-refractivity contribution in [2.75, 3.05) is 26.2 Å². The first-order valence-electron chi connectivity index (χ1n) is 11.8. The Hall–Kier alpha value is -1.46. The first-order valence-corrected chi connectivity index (χ1v) is 11.8. The lowest BCUT2D eigenvalue weighted by Gasteiger charge is -2.35. The van der Waals surface area contributed by atoms with Crippen molar-refractivity contribution in [1.82, 2.24) is 20.4 Å². The molecule has 0 unspecified atom stereocenters. The maximum absolute atomic E-state index is 12.3. The van der Waals surface area contributed by atoms with Crippen LogP contribution in [0.3, 0.4) is 0 Å². The SMILES string of the molecule is CC[C@@H]1CCCCN1C(=O)NCCCCCCNC(=O)N1CCCC[C@H]1CC. The van der Waals surface area contributed by atoms with Crippen molar-refractivity contribution >= 4 is 12.1 Å². The Bertz CT molecular complexity index is 429. The van der Waals surface area contributed by atoms with Crippen LogP contribution in [0.2, 0.25) is 0 Å². The molecular formula is C22H42N4O2. The van der Waals surface area contributed by atoms with E-state index in [9.17, 15) is 9.59 Å². The van der Waals surface area contributed by atoms with Crippen LogP contribution >= 0.6 is 0 Å². The number of piperidine rings is 2. The van der Waals surface area contributed by atoms with Crippen molar-refractivity contribution in [1.29, 1.82) is 0 Å². The van der Waals surface area contributed by atoms with Gasteiger partial charge in [0.25, 0.3) is 0 Å². The maximum Gasteiger partial charge on any atom is 0.317 e. The molecule has 2 N–H and O–H groups in total. The summed E-state index contributed by atoms with van der Waals surface area (Å²) < 4.78 is 0. The third kappa shape index (κ3) is 7.17. The van der Waals surface area contributed by atoms with E-state index in [0.717, 1.165) is 90.4 Å². The van der Waals surface area contributed by atoms with E-state index in [2.05, 4.69) is 24.5 Å². The Morgan fingerprint density at radius 2 is 1.14 bits per heavy atom. The van der Waals surface area contributed by atoms with Crippen molar-refractivity contribution in [3.05, 3.63) is 0 Å². The number of likely N-dealkylation sites (tertiary alicyclic amines) is 2. The van der Waals surface area contributed by atoms with Gasteiger partial charge in [0.15, 0.2) is 0 Å². The molecule has 2 heterocycles. The molecule has 0 radical (unpaired) electrons. The Balaban J connectivity index is 1.49. The predicted molar refractivity (Wildman–Crippen MR) is 115 cm³/mol. The molecular weight excluding hydrogens is 352 g/mol. The largest absolute Gasteiger partial charge is 0.338 e. The van der Waals surface area contributed by atoms with E-state index in [1.165, 1.54) is 12.8 Å². The molecule has 0 bridgehead atoms. The van der Waals surface area contributed by atoms with Crippen LogP contribution in [0.4, 0.5) is 9.59 Å². The van der Waals surface area contributed by atoms with Crippen LogP contribution in [-0.2, 0) is 0 Å². The minimum absolute atomic E-state index is 0.117. The number of hydrogen-bond donors (Lipinski definition) is 2. The lowest BCUT2D eigenvalue weighted by Crippen LogP contribution is -2.48. The van der Waals surface area contributed by atoms with Crippen LogP contribution in [0.25, 0.3) is 0 Å². The first kappa shape index (κ1) is 22.8. The van der Waals surface area contributed by atoms with Gasteiger partial charge in [0.2, 0.25) is 0 Å². The highest BCUT2D eigenvalue weighted by Crippen LogP contribution is 2.20. The van der Waals surface area contributed by atoms with Gasteiger partial charge in [-0.3, -0.25) is 0 Å². The van der Waals surface area contributed by atoms with Gasteiger partial charge >= 0.3 is 12.1 Å². The second kappa shape index (κ2) is 12.9. The number of unbranched alkanes of at least 4 members (excludes halogenated alkanes) is 3. The average molecular weight is 395 g/mol. The summed E-state index contributed by atoms with van der Waals surface area (Å²) in [6, 6.07) is 1.07. The number of hydrogen-bond acceptors (Lipinski definition) is 2. The van der Waals surface area contributed by atoms with Gasteiger partial charge in [-0.15, -0.1) is 0 Å². The van der Waals surface area contributed by atoms with E-state index in [-0.39, 0.29) is 12.1 Å². The molecule has 2 aliphatic rings. The maximum atomic E-state index is 12.3. The highest BCUT2D eigenvalue weighted by Gasteiger charge is 2.25. The summed E-state index contributed by atoms with van der Waals surface area (Å²) in [5, 5.41) is 6.18. The third-order valence-electron chi connectivity index (χ3n) is 6.37. The lowest BCUT2D eigenvalue weighted by atomic mass is 10.0. The van der Waals surface area contributed by atoms with E-state index < -0.39 is 0 Å². The second-order valence-electron chi connectivity index (χ2n) is 8.38. The highest BCUT2D eigenvalue weighted by atomic mass is 16.2. The van der Waals surface area contributed by atoms with Crippen molar-refractivity contribution < 1.29 is 9.59 Å². The molecule has 0 aromatic rings. The van der Waals surface area contributed by atoms with Crippen molar-refractivity contribution in [3.63, 3.8) is 0 Å². The van der Waals surface area contributed by atoms with E-state index >= 15 is 0 Å². The molecule has 0 aliphatic carbocycles. The number of nitrogens with one attached hydrogen (secondary N) is 2. The van der Waals surface area contributed by atoms with Crippen molar-refractivity contribution in [2.45, 2.75) is 103 Å². The Labute approximate surface area is 171 Å². The van der Waals surface area contributed by atoms with E-state index in [4.69, 9.17) is 0 Å². The summed E-state index contributed by atoms with van der Waals surface area (Å²) >= 11 is 0. The molecule has 6 heteroatoms. The molecule has 28 heavy (non-hydrogen) atoms. The zero-order chi connectivity index (χ0) is 20.2. The zero-order valence-corrected chi connectivity index (χ0v) is 18.2. The van der Waals surface area contributed by atoms with Gasteiger partial charge in [-0.25, -0.2) is 9.59 Å². The topological polar surface area (TPSA) is 64.7 Å². The molecule has 0 spiro atoms. The fourth-order valence-corrected chi connectivity index (χ4v) is 4.58. The Morgan fingerprint density at radius 1 is 0.714 bits per heavy atom. The number of carbonyl (C=O) groups is 2. The standard InChI is InChI=1S/C22H42N4O2/c1-3-19-13-7-11-17-25(19)21(27)23-15-9-5-6-10-16-24-22(28)26-18-12-8-14-20(26)4-2/h19-20H,3-18H2,1-2H3,(H,23,27)(H,24,28)/t19-,20-/m1/s1. The molecule has 2 fully saturated rings. The van der Waals surface area contributed by atoms with Gasteiger partial charge in [-0.1, -0.05) is 26.7 Å². The molecule has 2 saturated heterocycles. The van der Waals surface area contributed by atoms with Crippen LogP contribution in [0.5, 0.6) is 0 Å². The van der Waals surface area contributed by atoms with Crippen LogP contribution in [-0.4, -0.2) is 60.1 Å². The molecule has 4 amide bonds. The van der Waals surface area contributed by atoms with E-state index in [1.54, 1.807) is 0 Å². The van der Waals surface area contributed by atoms with E-state index in [1.807, 2.05) is 9.80 Å². The molecule has 0 aromatic heterocycles. The van der Waals surface area contributed by atoms with Gasteiger partial charge in [0.1, 0.15) is 0 Å². The summed E-state index contributed by atoms with van der Waals surface area (Å²) in [6.07, 6.45) is 13.3. The predicted octanol–water partition coefficient (Wildman–Crippen LogP) is 4.50. The number of urea groups is 2. The Morgan fingerprint density at radius 3 is 1.54 bits per heavy atom. The zero-order valence-electron chi connectivity index (χ0n) is 18.2. The second-order valence-corrected chi connectivity index (χ2v) is 8.38. The van der Waals surface area contributed by atoms with E-state index in [0.29, 0.717) is 12.1 Å². The van der Waals surface area contributed by atoms with Crippen LogP contribution in [0, 0.1) is 0 Å². The molecule has 6 nitrogen and oxygen atoms in total. The van der Waals surface area contributed by atoms with Gasteiger partial charge < -0.3 is 20.4 Å². The fraction of sp³-hybridized carbons (Fsp3) is 0.909. The highest BCUT2D eigenvalue weighted by molar-refractivity contribution is 5.75. The molecule has 2 rings (SSSR count). The lowest BCUT2D eigenvalue weighted by molar-refractivity contribution is 0.148. The summed E-state index contributed by atoms with van der Waals surface area (Å²) in [5.41, 5.74) is 0. The van der Waals surface area contributed by atoms with Gasteiger partial charge in [-0.2, -0.15) is 0 Å². The molecule has 0 aromatic carbocycles. The molecule has 2 atom stereocenters. The van der Waals surface area contributed by atoms with Crippen molar-refractivity contribution in [2.24, 2.45) is 0 Å².